The Hall–Kier alpha value is -1.92. The first-order chi connectivity index (χ1) is 9.88. The molecule has 0 unspecified atom stereocenters. The monoisotopic (exact) mass is 368 g/mol. The summed E-state index contributed by atoms with van der Waals surface area (Å²) in [6.45, 7) is 1.64. The largest absolute Gasteiger partial charge is 0.321 e. The van der Waals surface area contributed by atoms with Crippen LogP contribution in [-0.4, -0.2) is 10.8 Å². The molecule has 0 aliphatic rings. The number of nitro groups is 1. The molecule has 1 amide bonds. The minimum absolute atomic E-state index is 0.0503. The maximum Gasteiger partial charge on any atom is 0.269 e. The number of aryl methyl sites for hydroxylation is 1. The number of nitrogens with zero attached hydrogens (tertiary/aromatic N) is 1. The average Bonchev–Trinajstić information content (AvgIpc) is 2.41. The molecule has 0 fully saturated rings. The van der Waals surface area contributed by atoms with Crippen LogP contribution in [-0.2, 0) is 0 Å². The molecule has 1 N–H and O–H groups in total. The summed E-state index contributed by atoms with van der Waals surface area (Å²) in [4.78, 5) is 22.4. The molecule has 21 heavy (non-hydrogen) atoms. The lowest BCUT2D eigenvalue weighted by atomic mass is 10.1. The number of carbonyl (C=O) groups excluding carboxylic acids is 1. The van der Waals surface area contributed by atoms with E-state index in [4.69, 9.17) is 11.6 Å². The van der Waals surface area contributed by atoms with Crippen molar-refractivity contribution in [3.05, 3.63) is 67.1 Å². The van der Waals surface area contributed by atoms with Crippen molar-refractivity contribution < 1.29 is 9.72 Å². The molecule has 2 aromatic rings. The maximum absolute atomic E-state index is 12.2. The third-order valence-electron chi connectivity index (χ3n) is 2.84. The quantitative estimate of drug-likeness (QED) is 0.636. The van der Waals surface area contributed by atoms with Gasteiger partial charge < -0.3 is 5.32 Å². The minimum atomic E-state index is -0.500. The SMILES string of the molecule is Cc1cc([N+](=O)[O-])ccc1C(=O)Nc1ccc(Br)cc1Cl. The van der Waals surface area contributed by atoms with E-state index in [0.29, 0.717) is 21.8 Å². The number of rotatable bonds is 3. The lowest BCUT2D eigenvalue weighted by Crippen LogP contribution is -2.13. The Morgan fingerprint density at radius 1 is 1.29 bits per heavy atom. The second-order valence-electron chi connectivity index (χ2n) is 4.33. The molecule has 0 bridgehead atoms. The summed E-state index contributed by atoms with van der Waals surface area (Å²) in [7, 11) is 0. The van der Waals surface area contributed by atoms with E-state index in [1.54, 1.807) is 25.1 Å². The molecule has 2 rings (SSSR count). The van der Waals surface area contributed by atoms with Crippen LogP contribution in [0.5, 0.6) is 0 Å². The van der Waals surface area contributed by atoms with Crippen molar-refractivity contribution >= 4 is 44.8 Å². The summed E-state index contributed by atoms with van der Waals surface area (Å²) < 4.78 is 0.803. The zero-order chi connectivity index (χ0) is 15.6. The molecule has 0 aliphatic carbocycles. The molecule has 0 saturated heterocycles. The summed E-state index contributed by atoms with van der Waals surface area (Å²) in [6, 6.07) is 9.17. The first-order valence-electron chi connectivity index (χ1n) is 5.90. The van der Waals surface area contributed by atoms with E-state index < -0.39 is 4.92 Å². The summed E-state index contributed by atoms with van der Waals surface area (Å²) in [5.41, 5.74) is 1.31. The number of hydrogen-bond donors (Lipinski definition) is 1. The van der Waals surface area contributed by atoms with Gasteiger partial charge in [-0.05, 0) is 36.8 Å². The summed E-state index contributed by atoms with van der Waals surface area (Å²) in [5, 5.41) is 13.8. The van der Waals surface area contributed by atoms with Crippen LogP contribution in [0.15, 0.2) is 40.9 Å². The van der Waals surface area contributed by atoms with Crippen molar-refractivity contribution in [3.63, 3.8) is 0 Å². The number of nitro benzene ring substituents is 1. The Kier molecular flexibility index (Phi) is 4.59. The summed E-state index contributed by atoms with van der Waals surface area (Å²) >= 11 is 9.31. The number of hydrogen-bond acceptors (Lipinski definition) is 3. The standard InChI is InChI=1S/C14H10BrClN2O3/c1-8-6-10(18(20)21)3-4-11(8)14(19)17-13-5-2-9(15)7-12(13)16/h2-7H,1H3,(H,17,19). The van der Waals surface area contributed by atoms with Gasteiger partial charge in [0.1, 0.15) is 0 Å². The molecular formula is C14H10BrClN2O3. The van der Waals surface area contributed by atoms with Gasteiger partial charge in [-0.2, -0.15) is 0 Å². The molecule has 0 aliphatic heterocycles. The number of nitrogens with one attached hydrogen (secondary N) is 1. The Morgan fingerprint density at radius 3 is 2.57 bits per heavy atom. The molecule has 2 aromatic carbocycles. The summed E-state index contributed by atoms with van der Waals surface area (Å²) in [5.74, 6) is -0.369. The Bertz CT molecular complexity index is 734. The molecule has 5 nitrogen and oxygen atoms in total. The molecule has 0 spiro atoms. The van der Waals surface area contributed by atoms with E-state index in [1.165, 1.54) is 18.2 Å². The summed E-state index contributed by atoms with van der Waals surface area (Å²) in [6.07, 6.45) is 0. The Morgan fingerprint density at radius 2 is 2.00 bits per heavy atom. The van der Waals surface area contributed by atoms with Crippen LogP contribution in [0.25, 0.3) is 0 Å². The van der Waals surface area contributed by atoms with Gasteiger partial charge in [0.05, 0.1) is 15.6 Å². The van der Waals surface area contributed by atoms with Crippen LogP contribution >= 0.6 is 27.5 Å². The molecular weight excluding hydrogens is 360 g/mol. The second kappa shape index (κ2) is 6.24. The van der Waals surface area contributed by atoms with Gasteiger partial charge >= 0.3 is 0 Å². The topological polar surface area (TPSA) is 72.2 Å². The highest BCUT2D eigenvalue weighted by atomic mass is 79.9. The van der Waals surface area contributed by atoms with E-state index in [-0.39, 0.29) is 11.6 Å². The van der Waals surface area contributed by atoms with Gasteiger partial charge in [0.15, 0.2) is 0 Å². The van der Waals surface area contributed by atoms with Gasteiger partial charge in [-0.15, -0.1) is 0 Å². The molecule has 7 heteroatoms. The zero-order valence-corrected chi connectivity index (χ0v) is 13.2. The van der Waals surface area contributed by atoms with Crippen molar-refractivity contribution in [2.24, 2.45) is 0 Å². The van der Waals surface area contributed by atoms with Crippen molar-refractivity contribution in [1.82, 2.24) is 0 Å². The number of halogens is 2. The molecule has 0 heterocycles. The number of amides is 1. The fourth-order valence-electron chi connectivity index (χ4n) is 1.80. The second-order valence-corrected chi connectivity index (χ2v) is 5.66. The van der Waals surface area contributed by atoms with Crippen molar-refractivity contribution in [2.75, 3.05) is 5.32 Å². The van der Waals surface area contributed by atoms with Crippen LogP contribution in [0.1, 0.15) is 15.9 Å². The van der Waals surface area contributed by atoms with Crippen molar-refractivity contribution in [2.45, 2.75) is 6.92 Å². The number of carbonyl (C=O) groups is 1. The van der Waals surface area contributed by atoms with Crippen LogP contribution in [0.2, 0.25) is 5.02 Å². The highest BCUT2D eigenvalue weighted by molar-refractivity contribution is 9.10. The normalized spacial score (nSPS) is 10.2. The highest BCUT2D eigenvalue weighted by Gasteiger charge is 2.14. The molecule has 0 saturated carbocycles. The van der Waals surface area contributed by atoms with Gasteiger partial charge in [0.2, 0.25) is 0 Å². The van der Waals surface area contributed by atoms with E-state index >= 15 is 0 Å². The van der Waals surface area contributed by atoms with Crippen molar-refractivity contribution in [1.29, 1.82) is 0 Å². The minimum Gasteiger partial charge on any atom is -0.321 e. The first kappa shape index (κ1) is 15.5. The smallest absolute Gasteiger partial charge is 0.269 e. The predicted octanol–water partition coefficient (Wildman–Crippen LogP) is 4.57. The zero-order valence-electron chi connectivity index (χ0n) is 10.9. The van der Waals surface area contributed by atoms with Gasteiger partial charge in [-0.25, -0.2) is 0 Å². The van der Waals surface area contributed by atoms with Crippen LogP contribution in [0.4, 0.5) is 11.4 Å². The molecule has 0 radical (unpaired) electrons. The van der Waals surface area contributed by atoms with Crippen LogP contribution < -0.4 is 5.32 Å². The third-order valence-corrected chi connectivity index (χ3v) is 3.65. The molecule has 0 atom stereocenters. The van der Waals surface area contributed by atoms with E-state index in [1.807, 2.05) is 0 Å². The van der Waals surface area contributed by atoms with Gasteiger partial charge in [0.25, 0.3) is 11.6 Å². The first-order valence-corrected chi connectivity index (χ1v) is 7.07. The average molecular weight is 370 g/mol. The van der Waals surface area contributed by atoms with E-state index in [0.717, 1.165) is 4.47 Å². The fraction of sp³-hybridized carbons (Fsp3) is 0.0714. The van der Waals surface area contributed by atoms with Gasteiger partial charge in [-0.1, -0.05) is 27.5 Å². The molecule has 0 aromatic heterocycles. The predicted molar refractivity (Wildman–Crippen MR) is 84.9 cm³/mol. The fourth-order valence-corrected chi connectivity index (χ4v) is 2.52. The van der Waals surface area contributed by atoms with E-state index in [2.05, 4.69) is 21.2 Å². The van der Waals surface area contributed by atoms with Gasteiger partial charge in [-0.3, -0.25) is 14.9 Å². The molecule has 108 valence electrons. The maximum atomic E-state index is 12.2. The third kappa shape index (κ3) is 3.59. The lowest BCUT2D eigenvalue weighted by molar-refractivity contribution is -0.384. The Balaban J connectivity index is 2.26. The van der Waals surface area contributed by atoms with Crippen LogP contribution in [0.3, 0.4) is 0 Å². The highest BCUT2D eigenvalue weighted by Crippen LogP contribution is 2.26. The number of non-ortho nitro benzene ring substituents is 1. The van der Waals surface area contributed by atoms with Crippen molar-refractivity contribution in [3.8, 4) is 0 Å². The van der Waals surface area contributed by atoms with Crippen LogP contribution in [0, 0.1) is 17.0 Å². The van der Waals surface area contributed by atoms with E-state index in [9.17, 15) is 14.9 Å². The van der Waals surface area contributed by atoms with Gasteiger partial charge in [0, 0.05) is 22.2 Å². The Labute approximate surface area is 134 Å². The lowest BCUT2D eigenvalue weighted by Gasteiger charge is -2.09. The number of anilines is 1. The number of benzene rings is 2.